The van der Waals surface area contributed by atoms with Crippen molar-refractivity contribution in [2.45, 2.75) is 32.4 Å². The van der Waals surface area contributed by atoms with Crippen LogP contribution in [0.25, 0.3) is 11.5 Å². The van der Waals surface area contributed by atoms with Crippen LogP contribution in [0, 0.1) is 0 Å². The molecule has 5 nitrogen and oxygen atoms in total. The van der Waals surface area contributed by atoms with Gasteiger partial charge in [-0.25, -0.2) is 0 Å². The van der Waals surface area contributed by atoms with Crippen molar-refractivity contribution in [1.29, 1.82) is 0 Å². The van der Waals surface area contributed by atoms with Gasteiger partial charge in [0, 0.05) is 11.1 Å². The van der Waals surface area contributed by atoms with Gasteiger partial charge in [-0.3, -0.25) is 0 Å². The van der Waals surface area contributed by atoms with E-state index in [1.807, 2.05) is 44.2 Å². The maximum absolute atomic E-state index is 9.32. The summed E-state index contributed by atoms with van der Waals surface area (Å²) in [5, 5.41) is 20.6. The van der Waals surface area contributed by atoms with Crippen molar-refractivity contribution in [3.63, 3.8) is 0 Å². The van der Waals surface area contributed by atoms with Crippen LogP contribution in [0.4, 0.5) is 0 Å². The Labute approximate surface area is 112 Å². The van der Waals surface area contributed by atoms with E-state index in [9.17, 15) is 5.11 Å². The van der Waals surface area contributed by atoms with Gasteiger partial charge in [0.25, 0.3) is 0 Å². The maximum atomic E-state index is 9.32. The third kappa shape index (κ3) is 3.39. The zero-order chi connectivity index (χ0) is 13.7. The molecule has 0 saturated carbocycles. The highest BCUT2D eigenvalue weighted by molar-refractivity contribution is 5.51. The largest absolute Gasteiger partial charge is 0.419 e. The second-order valence-corrected chi connectivity index (χ2v) is 4.79. The van der Waals surface area contributed by atoms with E-state index in [4.69, 9.17) is 4.42 Å². The zero-order valence-electron chi connectivity index (χ0n) is 11.3. The number of benzene rings is 1. The fourth-order valence-corrected chi connectivity index (χ4v) is 1.60. The molecule has 0 aliphatic heterocycles. The highest BCUT2D eigenvalue weighted by Crippen LogP contribution is 2.17. The highest BCUT2D eigenvalue weighted by Gasteiger charge is 2.21. The molecule has 1 aromatic carbocycles. The molecule has 1 unspecified atom stereocenters. The number of nitrogens with zero attached hydrogens (tertiary/aromatic N) is 2. The summed E-state index contributed by atoms with van der Waals surface area (Å²) in [4.78, 5) is 0. The van der Waals surface area contributed by atoms with Crippen LogP contribution in [0.3, 0.4) is 0 Å². The minimum absolute atomic E-state index is 0.0726. The fourth-order valence-electron chi connectivity index (χ4n) is 1.60. The van der Waals surface area contributed by atoms with E-state index in [-0.39, 0.29) is 12.1 Å². The van der Waals surface area contributed by atoms with E-state index in [2.05, 4.69) is 15.5 Å². The van der Waals surface area contributed by atoms with E-state index in [0.717, 1.165) is 12.0 Å². The van der Waals surface area contributed by atoms with Crippen molar-refractivity contribution in [2.75, 3.05) is 6.61 Å². The summed E-state index contributed by atoms with van der Waals surface area (Å²) < 4.78 is 5.59. The van der Waals surface area contributed by atoms with Crippen molar-refractivity contribution >= 4 is 0 Å². The van der Waals surface area contributed by atoms with E-state index in [1.54, 1.807) is 0 Å². The van der Waals surface area contributed by atoms with Crippen molar-refractivity contribution in [1.82, 2.24) is 15.5 Å². The Kier molecular flexibility index (Phi) is 4.29. The van der Waals surface area contributed by atoms with Crippen LogP contribution in [0.1, 0.15) is 26.2 Å². The summed E-state index contributed by atoms with van der Waals surface area (Å²) in [7, 11) is 0. The van der Waals surface area contributed by atoms with Crippen LogP contribution in [-0.2, 0) is 6.54 Å². The quantitative estimate of drug-likeness (QED) is 0.832. The molecule has 102 valence electrons. The lowest BCUT2D eigenvalue weighted by Crippen LogP contribution is -2.44. The first kappa shape index (κ1) is 13.7. The third-order valence-corrected chi connectivity index (χ3v) is 3.28. The maximum Gasteiger partial charge on any atom is 0.247 e. The fraction of sp³-hybridized carbons (Fsp3) is 0.429. The predicted octanol–water partition coefficient (Wildman–Crippen LogP) is 1.99. The van der Waals surface area contributed by atoms with Gasteiger partial charge in [0.2, 0.25) is 11.8 Å². The van der Waals surface area contributed by atoms with Gasteiger partial charge in [-0.1, -0.05) is 25.1 Å². The molecule has 0 aliphatic rings. The van der Waals surface area contributed by atoms with E-state index >= 15 is 0 Å². The average Bonchev–Trinajstić information content (AvgIpc) is 2.95. The normalized spacial score (nSPS) is 14.3. The van der Waals surface area contributed by atoms with Crippen LogP contribution in [-0.4, -0.2) is 27.4 Å². The lowest BCUT2D eigenvalue weighted by Gasteiger charge is -2.26. The minimum atomic E-state index is -0.318. The standard InChI is InChI=1S/C14H19N3O2/c1-3-14(2,10-18)15-9-12-16-17-13(19-12)11-7-5-4-6-8-11/h4-8,15,18H,3,9-10H2,1-2H3. The first-order chi connectivity index (χ1) is 9.17. The minimum Gasteiger partial charge on any atom is -0.419 e. The zero-order valence-corrected chi connectivity index (χ0v) is 11.3. The lowest BCUT2D eigenvalue weighted by molar-refractivity contribution is 0.165. The first-order valence-corrected chi connectivity index (χ1v) is 6.40. The number of aromatic nitrogens is 2. The SMILES string of the molecule is CCC(C)(CO)NCc1nnc(-c2ccccc2)o1. The second kappa shape index (κ2) is 5.95. The Morgan fingerprint density at radius 3 is 2.63 bits per heavy atom. The summed E-state index contributed by atoms with van der Waals surface area (Å²) >= 11 is 0. The van der Waals surface area contributed by atoms with Crippen molar-refractivity contribution in [3.8, 4) is 11.5 Å². The van der Waals surface area contributed by atoms with E-state index in [1.165, 1.54) is 0 Å². The monoisotopic (exact) mass is 261 g/mol. The van der Waals surface area contributed by atoms with Crippen molar-refractivity contribution in [2.24, 2.45) is 0 Å². The molecule has 0 aliphatic carbocycles. The molecule has 0 bridgehead atoms. The second-order valence-electron chi connectivity index (χ2n) is 4.79. The van der Waals surface area contributed by atoms with Crippen LogP contribution < -0.4 is 5.32 Å². The summed E-state index contributed by atoms with van der Waals surface area (Å²) in [6.45, 7) is 4.50. The third-order valence-electron chi connectivity index (χ3n) is 3.28. The Morgan fingerprint density at radius 2 is 2.00 bits per heavy atom. The number of rotatable bonds is 6. The molecule has 0 spiro atoms. The molecule has 2 N–H and O–H groups in total. The smallest absolute Gasteiger partial charge is 0.247 e. The molecule has 0 fully saturated rings. The van der Waals surface area contributed by atoms with Crippen LogP contribution in [0.5, 0.6) is 0 Å². The topological polar surface area (TPSA) is 71.2 Å². The Balaban J connectivity index is 2.02. The molecule has 2 rings (SSSR count). The number of nitrogens with one attached hydrogen (secondary N) is 1. The molecule has 1 aromatic heterocycles. The Morgan fingerprint density at radius 1 is 1.26 bits per heavy atom. The van der Waals surface area contributed by atoms with Gasteiger partial charge < -0.3 is 14.8 Å². The average molecular weight is 261 g/mol. The molecule has 2 aromatic rings. The molecule has 1 heterocycles. The molecule has 0 saturated heterocycles. The molecule has 0 radical (unpaired) electrons. The molecule has 0 amide bonds. The van der Waals surface area contributed by atoms with Crippen LogP contribution in [0.2, 0.25) is 0 Å². The Bertz CT molecular complexity index is 506. The highest BCUT2D eigenvalue weighted by atomic mass is 16.4. The molecule has 19 heavy (non-hydrogen) atoms. The number of aliphatic hydroxyl groups is 1. The number of aliphatic hydroxyl groups excluding tert-OH is 1. The predicted molar refractivity (Wildman–Crippen MR) is 72.4 cm³/mol. The van der Waals surface area contributed by atoms with Gasteiger partial charge in [0.15, 0.2) is 0 Å². The summed E-state index contributed by atoms with van der Waals surface area (Å²) in [5.41, 5.74) is 0.586. The van der Waals surface area contributed by atoms with Gasteiger partial charge in [-0.05, 0) is 25.5 Å². The van der Waals surface area contributed by atoms with Gasteiger partial charge in [-0.2, -0.15) is 0 Å². The van der Waals surface area contributed by atoms with Gasteiger partial charge >= 0.3 is 0 Å². The summed E-state index contributed by atoms with van der Waals surface area (Å²) in [6.07, 6.45) is 0.823. The van der Waals surface area contributed by atoms with Crippen LogP contribution >= 0.6 is 0 Å². The molecular weight excluding hydrogens is 242 g/mol. The van der Waals surface area contributed by atoms with Crippen molar-refractivity contribution in [3.05, 3.63) is 36.2 Å². The van der Waals surface area contributed by atoms with Crippen molar-refractivity contribution < 1.29 is 9.52 Å². The lowest BCUT2D eigenvalue weighted by atomic mass is 10.0. The summed E-state index contributed by atoms with van der Waals surface area (Å²) in [5.74, 6) is 1.03. The first-order valence-electron chi connectivity index (χ1n) is 6.40. The number of hydrogen-bond donors (Lipinski definition) is 2. The molecule has 5 heteroatoms. The Hall–Kier alpha value is -1.72. The number of hydrogen-bond acceptors (Lipinski definition) is 5. The van der Waals surface area contributed by atoms with E-state index in [0.29, 0.717) is 18.3 Å². The molecular formula is C14H19N3O2. The van der Waals surface area contributed by atoms with E-state index < -0.39 is 0 Å². The van der Waals surface area contributed by atoms with Gasteiger partial charge in [0.1, 0.15) is 0 Å². The van der Waals surface area contributed by atoms with Gasteiger partial charge in [0.05, 0.1) is 13.2 Å². The van der Waals surface area contributed by atoms with Gasteiger partial charge in [-0.15, -0.1) is 10.2 Å². The molecule has 1 atom stereocenters. The van der Waals surface area contributed by atoms with Crippen LogP contribution in [0.15, 0.2) is 34.7 Å². The summed E-state index contributed by atoms with van der Waals surface area (Å²) in [6, 6.07) is 9.65.